The van der Waals surface area contributed by atoms with Crippen LogP contribution in [0, 0.1) is 0 Å². The summed E-state index contributed by atoms with van der Waals surface area (Å²) in [6.07, 6.45) is 7.28. The summed E-state index contributed by atoms with van der Waals surface area (Å²) < 4.78 is 5.22. The Morgan fingerprint density at radius 1 is 1.10 bits per heavy atom. The molecule has 0 aromatic heterocycles. The van der Waals surface area contributed by atoms with Crippen LogP contribution in [0.25, 0.3) is 0 Å². The van der Waals surface area contributed by atoms with Crippen molar-refractivity contribution in [3.8, 4) is 0 Å². The molecule has 0 saturated carbocycles. The minimum absolute atomic E-state index is 0.0328. The fourth-order valence-electron chi connectivity index (χ4n) is 3.70. The van der Waals surface area contributed by atoms with Gasteiger partial charge in [-0.2, -0.15) is 0 Å². The Balaban J connectivity index is 1.88. The minimum atomic E-state index is -0.0349. The van der Waals surface area contributed by atoms with Gasteiger partial charge < -0.3 is 9.64 Å². The molecule has 0 bridgehead atoms. The molecule has 0 aromatic carbocycles. The third kappa shape index (κ3) is 3.95. The van der Waals surface area contributed by atoms with Gasteiger partial charge in [-0.25, -0.2) is 0 Å². The highest BCUT2D eigenvalue weighted by molar-refractivity contribution is 5.75. The minimum Gasteiger partial charge on any atom is -0.465 e. The first-order valence-corrected chi connectivity index (χ1v) is 8.41. The van der Waals surface area contributed by atoms with E-state index in [0.29, 0.717) is 6.61 Å². The number of likely N-dealkylation sites (tertiary alicyclic amines) is 2. The fraction of sp³-hybridized carbons (Fsp3) is 0.938. The smallest absolute Gasteiger partial charge is 0.323 e. The number of carbonyl (C=O) groups excluding carboxylic acids is 1. The van der Waals surface area contributed by atoms with Gasteiger partial charge in [0.15, 0.2) is 0 Å². The lowest BCUT2D eigenvalue weighted by atomic mass is 10.1. The first-order valence-electron chi connectivity index (χ1n) is 8.41. The van der Waals surface area contributed by atoms with Crippen LogP contribution in [0.1, 0.15) is 52.4 Å². The molecular weight excluding hydrogens is 252 g/mol. The molecule has 0 unspecified atom stereocenters. The first-order chi connectivity index (χ1) is 9.76. The molecular formula is C16H30N2O2. The largest absolute Gasteiger partial charge is 0.465 e. The molecule has 0 N–H and O–H groups in total. The van der Waals surface area contributed by atoms with E-state index in [4.69, 9.17) is 4.74 Å². The van der Waals surface area contributed by atoms with E-state index in [1.807, 2.05) is 6.92 Å². The highest BCUT2D eigenvalue weighted by atomic mass is 16.5. The average Bonchev–Trinajstić information content (AvgIpc) is 2.87. The van der Waals surface area contributed by atoms with Crippen molar-refractivity contribution in [3.63, 3.8) is 0 Å². The fourth-order valence-corrected chi connectivity index (χ4v) is 3.70. The summed E-state index contributed by atoms with van der Waals surface area (Å²) in [6, 6.07) is 0.703. The van der Waals surface area contributed by atoms with Crippen molar-refractivity contribution in [1.82, 2.24) is 9.80 Å². The van der Waals surface area contributed by atoms with Crippen LogP contribution in [-0.4, -0.2) is 60.6 Å². The molecule has 20 heavy (non-hydrogen) atoms. The van der Waals surface area contributed by atoms with E-state index in [-0.39, 0.29) is 12.0 Å². The molecule has 2 saturated heterocycles. The highest BCUT2D eigenvalue weighted by Gasteiger charge is 2.30. The third-order valence-electron chi connectivity index (χ3n) is 4.78. The standard InChI is InChI=1S/C16H30N2O2/c1-3-15(16(19)20-4-2)18-12-7-8-14(9-13-18)17-10-5-6-11-17/h14-15H,3-13H2,1-2H3/t14-,15+/m0/s1. The number of esters is 1. The summed E-state index contributed by atoms with van der Waals surface area (Å²) in [5.41, 5.74) is 0. The van der Waals surface area contributed by atoms with Gasteiger partial charge in [-0.1, -0.05) is 6.92 Å². The molecule has 2 aliphatic heterocycles. The molecule has 0 radical (unpaired) electrons. The molecule has 0 spiro atoms. The summed E-state index contributed by atoms with van der Waals surface area (Å²) in [7, 11) is 0. The van der Waals surface area contributed by atoms with Gasteiger partial charge in [0.2, 0.25) is 0 Å². The maximum Gasteiger partial charge on any atom is 0.323 e. The highest BCUT2D eigenvalue weighted by Crippen LogP contribution is 2.23. The van der Waals surface area contributed by atoms with Gasteiger partial charge in [0, 0.05) is 12.6 Å². The Morgan fingerprint density at radius 3 is 2.50 bits per heavy atom. The number of nitrogens with zero attached hydrogens (tertiary/aromatic N) is 2. The van der Waals surface area contributed by atoms with E-state index in [9.17, 15) is 4.79 Å². The predicted molar refractivity (Wildman–Crippen MR) is 80.7 cm³/mol. The summed E-state index contributed by atoms with van der Waals surface area (Å²) in [6.45, 7) is 9.10. The number of rotatable bonds is 5. The zero-order valence-electron chi connectivity index (χ0n) is 13.1. The van der Waals surface area contributed by atoms with Crippen LogP contribution in [0.15, 0.2) is 0 Å². The monoisotopic (exact) mass is 282 g/mol. The van der Waals surface area contributed by atoms with E-state index in [1.54, 1.807) is 0 Å². The van der Waals surface area contributed by atoms with Gasteiger partial charge in [-0.15, -0.1) is 0 Å². The first kappa shape index (κ1) is 15.8. The normalized spacial score (nSPS) is 27.2. The van der Waals surface area contributed by atoms with E-state index in [2.05, 4.69) is 16.7 Å². The second kappa shape index (κ2) is 7.99. The zero-order chi connectivity index (χ0) is 14.4. The van der Waals surface area contributed by atoms with Crippen molar-refractivity contribution in [2.24, 2.45) is 0 Å². The van der Waals surface area contributed by atoms with Crippen molar-refractivity contribution < 1.29 is 9.53 Å². The quantitative estimate of drug-likeness (QED) is 0.724. The molecule has 4 nitrogen and oxygen atoms in total. The second-order valence-corrected chi connectivity index (χ2v) is 6.04. The molecule has 116 valence electrons. The molecule has 0 aromatic rings. The van der Waals surface area contributed by atoms with Gasteiger partial charge >= 0.3 is 5.97 Å². The zero-order valence-corrected chi connectivity index (χ0v) is 13.1. The lowest BCUT2D eigenvalue weighted by molar-refractivity contribution is -0.149. The van der Waals surface area contributed by atoms with E-state index < -0.39 is 0 Å². The second-order valence-electron chi connectivity index (χ2n) is 6.04. The number of hydrogen-bond donors (Lipinski definition) is 0. The summed E-state index contributed by atoms with van der Waals surface area (Å²) in [5, 5.41) is 0. The molecule has 2 heterocycles. The summed E-state index contributed by atoms with van der Waals surface area (Å²) in [4.78, 5) is 17.1. The van der Waals surface area contributed by atoms with Crippen LogP contribution >= 0.6 is 0 Å². The van der Waals surface area contributed by atoms with Gasteiger partial charge in [-0.3, -0.25) is 9.69 Å². The van der Waals surface area contributed by atoms with Crippen LogP contribution in [0.2, 0.25) is 0 Å². The van der Waals surface area contributed by atoms with Crippen molar-refractivity contribution in [1.29, 1.82) is 0 Å². The van der Waals surface area contributed by atoms with Gasteiger partial charge in [-0.05, 0) is 65.1 Å². The maximum absolute atomic E-state index is 12.0. The van der Waals surface area contributed by atoms with Crippen LogP contribution in [0.5, 0.6) is 0 Å². The van der Waals surface area contributed by atoms with E-state index in [1.165, 1.54) is 45.2 Å². The Morgan fingerprint density at radius 2 is 1.85 bits per heavy atom. The van der Waals surface area contributed by atoms with Crippen LogP contribution in [0.3, 0.4) is 0 Å². The Bertz CT molecular complexity index is 303. The number of hydrogen-bond acceptors (Lipinski definition) is 4. The molecule has 2 atom stereocenters. The molecule has 4 heteroatoms. The van der Waals surface area contributed by atoms with Gasteiger partial charge in [0.1, 0.15) is 6.04 Å². The van der Waals surface area contributed by atoms with Crippen LogP contribution in [0.4, 0.5) is 0 Å². The van der Waals surface area contributed by atoms with Crippen molar-refractivity contribution >= 4 is 5.97 Å². The number of ether oxygens (including phenoxy) is 1. The molecule has 2 fully saturated rings. The van der Waals surface area contributed by atoms with Crippen LogP contribution in [-0.2, 0) is 9.53 Å². The third-order valence-corrected chi connectivity index (χ3v) is 4.78. The van der Waals surface area contributed by atoms with E-state index in [0.717, 1.165) is 25.6 Å². The Hall–Kier alpha value is -0.610. The topological polar surface area (TPSA) is 32.8 Å². The van der Waals surface area contributed by atoms with Gasteiger partial charge in [0.05, 0.1) is 6.61 Å². The SMILES string of the molecule is CCOC(=O)[C@@H](CC)N1CCC[C@H](N2CCCC2)CC1. The molecule has 2 rings (SSSR count). The summed E-state index contributed by atoms with van der Waals surface area (Å²) in [5.74, 6) is -0.0328. The van der Waals surface area contributed by atoms with E-state index >= 15 is 0 Å². The van der Waals surface area contributed by atoms with Crippen molar-refractivity contribution in [3.05, 3.63) is 0 Å². The average molecular weight is 282 g/mol. The Labute approximate surface area is 123 Å². The number of carbonyl (C=O) groups is 1. The summed E-state index contributed by atoms with van der Waals surface area (Å²) >= 11 is 0. The van der Waals surface area contributed by atoms with Crippen molar-refractivity contribution in [2.45, 2.75) is 64.5 Å². The molecule has 0 aliphatic carbocycles. The van der Waals surface area contributed by atoms with Gasteiger partial charge in [0.25, 0.3) is 0 Å². The van der Waals surface area contributed by atoms with Crippen LogP contribution < -0.4 is 0 Å². The lowest BCUT2D eigenvalue weighted by Gasteiger charge is -2.29. The lowest BCUT2D eigenvalue weighted by Crippen LogP contribution is -2.43. The maximum atomic E-state index is 12.0. The molecule has 0 amide bonds. The van der Waals surface area contributed by atoms with Crippen molar-refractivity contribution in [2.75, 3.05) is 32.8 Å². The predicted octanol–water partition coefficient (Wildman–Crippen LogP) is 2.28. The Kier molecular flexibility index (Phi) is 6.30. The molecule has 2 aliphatic rings.